The monoisotopic (exact) mass is 1420 g/mol. The molecule has 0 saturated heterocycles. The molecule has 17 nitrogen and oxygen atoms in total. The van der Waals surface area contributed by atoms with Gasteiger partial charge in [0.25, 0.3) is 0 Å². The first-order chi connectivity index (χ1) is 47.1. The van der Waals surface area contributed by atoms with Gasteiger partial charge in [0.2, 0.25) is 0 Å². The van der Waals surface area contributed by atoms with E-state index in [0.717, 1.165) is 95.8 Å². The summed E-state index contributed by atoms with van der Waals surface area (Å²) in [5.74, 6) is -1.24. The van der Waals surface area contributed by atoms with Crippen molar-refractivity contribution in [1.82, 2.24) is 0 Å². The number of hydrogen-bond acceptors (Lipinski definition) is 15. The zero-order valence-electron chi connectivity index (χ0n) is 63.2. The molecule has 0 amide bonds. The topological polar surface area (TPSA) is 237 Å². The van der Waals surface area contributed by atoms with Crippen LogP contribution in [0.15, 0.2) is 0 Å². The van der Waals surface area contributed by atoms with Crippen molar-refractivity contribution >= 4 is 39.5 Å². The number of hydrogen-bond donors (Lipinski definition) is 3. The van der Waals surface area contributed by atoms with Gasteiger partial charge < -0.3 is 33.8 Å². The van der Waals surface area contributed by atoms with Crippen molar-refractivity contribution in [2.75, 3.05) is 39.6 Å². The molecule has 0 aliphatic heterocycles. The Balaban J connectivity index is 5.18. The fourth-order valence-corrected chi connectivity index (χ4v) is 13.6. The minimum atomic E-state index is -4.96. The first-order valence-electron chi connectivity index (χ1n) is 40.7. The van der Waals surface area contributed by atoms with Crippen molar-refractivity contribution in [3.05, 3.63) is 0 Å². The molecule has 0 aliphatic carbocycles. The molecule has 97 heavy (non-hydrogen) atoms. The number of carbonyl (C=O) groups excluding carboxylic acids is 4. The summed E-state index contributed by atoms with van der Waals surface area (Å²) in [6.45, 7) is 7.36. The van der Waals surface area contributed by atoms with E-state index < -0.39 is 97.5 Å². The van der Waals surface area contributed by atoms with Gasteiger partial charge in [-0.15, -0.1) is 0 Å². The molecular formula is C78H152O17P2. The van der Waals surface area contributed by atoms with Crippen molar-refractivity contribution in [2.24, 2.45) is 5.92 Å². The predicted octanol–water partition coefficient (Wildman–Crippen LogP) is 23.3. The minimum absolute atomic E-state index is 0.107. The SMILES string of the molecule is CCCCCCCCCCCCCCCCCC(=O)OC[C@H](COP(=O)(O)OC[C@@H](O)COP(=O)(O)OC[C@@H](COC(=O)CCCCCCCCCCCC)OC(=O)CCCCCCCCCCCC)OC(=O)CCCCCCCCCCCCCCCCCCCCC(C)CC. The van der Waals surface area contributed by atoms with Gasteiger partial charge in [0.15, 0.2) is 12.2 Å². The second kappa shape index (κ2) is 71.1. The smallest absolute Gasteiger partial charge is 0.462 e. The first kappa shape index (κ1) is 95.1. The van der Waals surface area contributed by atoms with Gasteiger partial charge in [-0.25, -0.2) is 9.13 Å². The van der Waals surface area contributed by atoms with Crippen LogP contribution in [-0.2, 0) is 65.4 Å². The molecule has 0 aromatic rings. The van der Waals surface area contributed by atoms with Crippen LogP contribution in [0.3, 0.4) is 0 Å². The highest BCUT2D eigenvalue weighted by molar-refractivity contribution is 7.47. The molecule has 3 N–H and O–H groups in total. The summed E-state index contributed by atoms with van der Waals surface area (Å²) in [6.07, 6.45) is 61.0. The van der Waals surface area contributed by atoms with Gasteiger partial charge in [-0.05, 0) is 31.6 Å². The van der Waals surface area contributed by atoms with Gasteiger partial charge in [0, 0.05) is 25.7 Å². The standard InChI is InChI=1S/C78H152O17P2/c1-6-10-13-16-19-22-25-26-31-35-38-43-47-52-57-62-76(81)89-68-74(95-78(83)64-59-54-49-44-39-36-33-30-28-27-29-32-34-37-40-45-50-55-60-71(5)9-4)70-93-97(86,87)91-66-72(79)65-90-96(84,85)92-69-73(94-77(82)63-58-53-48-42-24-21-18-15-12-8-3)67-88-75(80)61-56-51-46-41-23-20-17-14-11-7-2/h71-74,79H,6-70H2,1-5H3,(H,84,85)(H,86,87)/t71?,72-,73+,74+/m0/s1. The number of esters is 4. The van der Waals surface area contributed by atoms with Crippen LogP contribution >= 0.6 is 15.6 Å². The third kappa shape index (κ3) is 70.9. The Bertz CT molecular complexity index is 1860. The number of phosphoric ester groups is 2. The molecule has 576 valence electrons. The molecule has 6 atom stereocenters. The van der Waals surface area contributed by atoms with Crippen molar-refractivity contribution in [3.63, 3.8) is 0 Å². The van der Waals surface area contributed by atoms with E-state index in [4.69, 9.17) is 37.0 Å². The summed E-state index contributed by atoms with van der Waals surface area (Å²) < 4.78 is 68.5. The number of carbonyl (C=O) groups is 4. The molecule has 0 spiro atoms. The number of unbranched alkanes of at least 4 members (excludes halogenated alkanes) is 49. The van der Waals surface area contributed by atoms with Crippen molar-refractivity contribution in [1.29, 1.82) is 0 Å². The van der Waals surface area contributed by atoms with Crippen molar-refractivity contribution in [2.45, 2.75) is 432 Å². The van der Waals surface area contributed by atoms with Crippen LogP contribution in [-0.4, -0.2) is 96.7 Å². The molecule has 0 aromatic carbocycles. The van der Waals surface area contributed by atoms with Crippen LogP contribution in [0.1, 0.15) is 413 Å². The van der Waals surface area contributed by atoms with E-state index in [9.17, 15) is 43.2 Å². The molecule has 0 fully saturated rings. The third-order valence-corrected chi connectivity index (χ3v) is 20.5. The fourth-order valence-electron chi connectivity index (χ4n) is 12.0. The lowest BCUT2D eigenvalue weighted by Gasteiger charge is -2.21. The lowest BCUT2D eigenvalue weighted by atomic mass is 9.99. The molecule has 0 saturated carbocycles. The molecule has 0 aliphatic rings. The van der Waals surface area contributed by atoms with E-state index in [0.29, 0.717) is 25.7 Å². The zero-order valence-corrected chi connectivity index (χ0v) is 65.0. The predicted molar refractivity (Wildman–Crippen MR) is 395 cm³/mol. The molecule has 0 rings (SSSR count). The lowest BCUT2D eigenvalue weighted by Crippen LogP contribution is -2.30. The van der Waals surface area contributed by atoms with Crippen LogP contribution in [0.25, 0.3) is 0 Å². The molecule has 0 bridgehead atoms. The highest BCUT2D eigenvalue weighted by Gasteiger charge is 2.30. The maximum Gasteiger partial charge on any atom is 0.472 e. The maximum absolute atomic E-state index is 13.1. The Morgan fingerprint density at radius 3 is 0.732 bits per heavy atom. The van der Waals surface area contributed by atoms with E-state index >= 15 is 0 Å². The Morgan fingerprint density at radius 2 is 0.495 bits per heavy atom. The van der Waals surface area contributed by atoms with Crippen LogP contribution in [0.2, 0.25) is 0 Å². The summed E-state index contributed by atoms with van der Waals surface area (Å²) in [5.41, 5.74) is 0. The highest BCUT2D eigenvalue weighted by atomic mass is 31.2. The second-order valence-corrected chi connectivity index (χ2v) is 31.3. The van der Waals surface area contributed by atoms with E-state index in [1.165, 1.54) is 238 Å². The van der Waals surface area contributed by atoms with Gasteiger partial charge in [-0.3, -0.25) is 37.3 Å². The molecule has 3 unspecified atom stereocenters. The summed E-state index contributed by atoms with van der Waals surface area (Å²) in [6, 6.07) is 0. The Hall–Kier alpha value is -1.94. The minimum Gasteiger partial charge on any atom is -0.462 e. The van der Waals surface area contributed by atoms with Crippen LogP contribution in [0.4, 0.5) is 0 Å². The number of phosphoric acid groups is 2. The second-order valence-electron chi connectivity index (χ2n) is 28.3. The van der Waals surface area contributed by atoms with Gasteiger partial charge in [0.1, 0.15) is 19.3 Å². The maximum atomic E-state index is 13.1. The average molecular weight is 1420 g/mol. The number of rotatable bonds is 78. The molecule has 0 aromatic heterocycles. The Labute approximate surface area is 594 Å². The van der Waals surface area contributed by atoms with E-state index in [1.807, 2.05) is 0 Å². The molecule has 19 heteroatoms. The van der Waals surface area contributed by atoms with Crippen LogP contribution < -0.4 is 0 Å². The largest absolute Gasteiger partial charge is 0.472 e. The molecule has 0 heterocycles. The Morgan fingerprint density at radius 1 is 0.289 bits per heavy atom. The molecule has 0 radical (unpaired) electrons. The average Bonchev–Trinajstić information content (AvgIpc) is 1.40. The Kier molecular flexibility index (Phi) is 69.6. The quantitative estimate of drug-likeness (QED) is 0.0222. The van der Waals surface area contributed by atoms with Gasteiger partial charge in [-0.2, -0.15) is 0 Å². The fraction of sp³-hybridized carbons (Fsp3) is 0.949. The van der Waals surface area contributed by atoms with Gasteiger partial charge in [0.05, 0.1) is 26.4 Å². The number of ether oxygens (including phenoxy) is 4. The molecular weight excluding hydrogens is 1270 g/mol. The van der Waals surface area contributed by atoms with Gasteiger partial charge >= 0.3 is 39.5 Å². The van der Waals surface area contributed by atoms with Crippen LogP contribution in [0, 0.1) is 5.92 Å². The number of aliphatic hydroxyl groups is 1. The van der Waals surface area contributed by atoms with Crippen LogP contribution in [0.5, 0.6) is 0 Å². The summed E-state index contributed by atoms with van der Waals surface area (Å²) in [7, 11) is -9.91. The van der Waals surface area contributed by atoms with E-state index in [1.54, 1.807) is 0 Å². The first-order valence-corrected chi connectivity index (χ1v) is 43.7. The third-order valence-electron chi connectivity index (χ3n) is 18.6. The zero-order chi connectivity index (χ0) is 71.2. The van der Waals surface area contributed by atoms with Crippen molar-refractivity contribution < 1.29 is 80.2 Å². The van der Waals surface area contributed by atoms with Crippen molar-refractivity contribution in [3.8, 4) is 0 Å². The summed E-state index contributed by atoms with van der Waals surface area (Å²) in [4.78, 5) is 72.8. The van der Waals surface area contributed by atoms with E-state index in [-0.39, 0.29) is 25.7 Å². The lowest BCUT2D eigenvalue weighted by molar-refractivity contribution is -0.161. The van der Waals surface area contributed by atoms with E-state index in [2.05, 4.69) is 34.6 Å². The number of aliphatic hydroxyl groups excluding tert-OH is 1. The normalized spacial score (nSPS) is 14.2. The summed E-state index contributed by atoms with van der Waals surface area (Å²) >= 11 is 0. The van der Waals surface area contributed by atoms with Gasteiger partial charge in [-0.1, -0.05) is 362 Å². The highest BCUT2D eigenvalue weighted by Crippen LogP contribution is 2.45. The summed E-state index contributed by atoms with van der Waals surface area (Å²) in [5, 5.41) is 10.6.